The minimum absolute atomic E-state index is 0.0638. The number of nitrogens with zero attached hydrogens (tertiary/aromatic N) is 3. The van der Waals surface area contributed by atoms with Gasteiger partial charge in [-0.3, -0.25) is 4.79 Å². The lowest BCUT2D eigenvalue weighted by Crippen LogP contribution is -2.01. The number of Topliss-reactive ketones (excluding diaryl/α,β-unsaturated/α-hetero) is 1. The maximum Gasteiger partial charge on any atom is 0.203 e. The van der Waals surface area contributed by atoms with Crippen molar-refractivity contribution >= 4 is 17.4 Å². The van der Waals surface area contributed by atoms with Gasteiger partial charge in [0.1, 0.15) is 17.4 Å². The number of ketones is 1. The second-order valence-electron chi connectivity index (χ2n) is 4.86. The summed E-state index contributed by atoms with van der Waals surface area (Å²) in [5.74, 6) is 0.331. The van der Waals surface area contributed by atoms with Crippen molar-refractivity contribution in [1.29, 1.82) is 5.26 Å². The lowest BCUT2D eigenvalue weighted by Gasteiger charge is -2.02. The first kappa shape index (κ1) is 14.5. The Labute approximate surface area is 133 Å². The van der Waals surface area contributed by atoms with E-state index in [-0.39, 0.29) is 11.4 Å². The van der Waals surface area contributed by atoms with Gasteiger partial charge in [-0.05, 0) is 42.5 Å². The topological polar surface area (TPSA) is 67.4 Å². The molecule has 5 nitrogen and oxygen atoms in total. The van der Waals surface area contributed by atoms with E-state index in [0.29, 0.717) is 11.3 Å². The number of ether oxygens (including phenoxy) is 1. The summed E-state index contributed by atoms with van der Waals surface area (Å²) < 4.78 is 6.76. The summed E-state index contributed by atoms with van der Waals surface area (Å²) in [6.45, 7) is 0. The van der Waals surface area contributed by atoms with Crippen LogP contribution in [0.5, 0.6) is 5.75 Å². The van der Waals surface area contributed by atoms with Crippen LogP contribution in [0.4, 0.5) is 0 Å². The molecule has 112 valence electrons. The average Bonchev–Trinajstić information content (AvgIpc) is 3.02. The van der Waals surface area contributed by atoms with Gasteiger partial charge in [-0.25, -0.2) is 4.52 Å². The van der Waals surface area contributed by atoms with Gasteiger partial charge in [0.15, 0.2) is 0 Å². The normalized spacial score (nSPS) is 11.2. The molecule has 0 atom stereocenters. The van der Waals surface area contributed by atoms with Crippen molar-refractivity contribution in [3.8, 4) is 11.8 Å². The number of hydrogen-bond donors (Lipinski definition) is 0. The highest BCUT2D eigenvalue weighted by molar-refractivity contribution is 6.14. The molecule has 0 aliphatic rings. The zero-order valence-corrected chi connectivity index (χ0v) is 12.4. The van der Waals surface area contributed by atoms with E-state index in [1.807, 2.05) is 30.5 Å². The highest BCUT2D eigenvalue weighted by atomic mass is 16.5. The van der Waals surface area contributed by atoms with Gasteiger partial charge in [-0.1, -0.05) is 6.07 Å². The molecule has 23 heavy (non-hydrogen) atoms. The van der Waals surface area contributed by atoms with Crippen LogP contribution in [0.2, 0.25) is 0 Å². The number of nitriles is 1. The number of carbonyl (C=O) groups is 1. The highest BCUT2D eigenvalue weighted by Gasteiger charge is 2.13. The Morgan fingerprint density at radius 3 is 2.74 bits per heavy atom. The third-order valence-corrected chi connectivity index (χ3v) is 3.47. The van der Waals surface area contributed by atoms with Crippen molar-refractivity contribution < 1.29 is 9.53 Å². The van der Waals surface area contributed by atoms with Gasteiger partial charge < -0.3 is 4.74 Å². The van der Waals surface area contributed by atoms with Crippen LogP contribution in [-0.4, -0.2) is 22.5 Å². The molecule has 3 rings (SSSR count). The molecule has 0 bridgehead atoms. The predicted molar refractivity (Wildman–Crippen MR) is 86.1 cm³/mol. The van der Waals surface area contributed by atoms with Gasteiger partial charge in [-0.2, -0.15) is 10.4 Å². The number of allylic oxidation sites excluding steroid dienone is 1. The Balaban J connectivity index is 1.98. The first-order valence-corrected chi connectivity index (χ1v) is 6.96. The van der Waals surface area contributed by atoms with E-state index in [1.165, 1.54) is 0 Å². The number of pyridine rings is 1. The number of benzene rings is 1. The Hall–Kier alpha value is -3.39. The van der Waals surface area contributed by atoms with Crippen LogP contribution in [0, 0.1) is 11.3 Å². The Bertz CT molecular complexity index is 931. The predicted octanol–water partition coefficient (Wildman–Crippen LogP) is 3.13. The molecule has 0 saturated carbocycles. The lowest BCUT2D eigenvalue weighted by atomic mass is 10.0. The summed E-state index contributed by atoms with van der Waals surface area (Å²) in [7, 11) is 1.56. The van der Waals surface area contributed by atoms with E-state index in [2.05, 4.69) is 5.10 Å². The van der Waals surface area contributed by atoms with Crippen LogP contribution in [0.3, 0.4) is 0 Å². The second kappa shape index (κ2) is 6.16. The van der Waals surface area contributed by atoms with E-state index in [4.69, 9.17) is 4.74 Å². The Morgan fingerprint density at radius 2 is 2.04 bits per heavy atom. The molecule has 2 heterocycles. The fourth-order valence-corrected chi connectivity index (χ4v) is 2.27. The third kappa shape index (κ3) is 2.83. The number of hydrogen-bond acceptors (Lipinski definition) is 4. The van der Waals surface area contributed by atoms with Crippen molar-refractivity contribution in [3.05, 3.63) is 71.6 Å². The van der Waals surface area contributed by atoms with Crippen molar-refractivity contribution in [2.45, 2.75) is 0 Å². The molecular formula is C18H13N3O2. The first-order chi connectivity index (χ1) is 11.2. The Morgan fingerprint density at radius 1 is 1.26 bits per heavy atom. The van der Waals surface area contributed by atoms with Crippen molar-refractivity contribution in [3.63, 3.8) is 0 Å². The van der Waals surface area contributed by atoms with Crippen molar-refractivity contribution in [2.75, 3.05) is 7.11 Å². The molecule has 5 heteroatoms. The van der Waals surface area contributed by atoms with Gasteiger partial charge in [0, 0.05) is 17.3 Å². The summed E-state index contributed by atoms with van der Waals surface area (Å²) in [6, 6.07) is 14.3. The molecule has 0 saturated heterocycles. The minimum atomic E-state index is -0.328. The lowest BCUT2D eigenvalue weighted by molar-refractivity contribution is 0.104. The van der Waals surface area contributed by atoms with Gasteiger partial charge >= 0.3 is 0 Å². The molecule has 3 aromatic rings. The van der Waals surface area contributed by atoms with Crippen LogP contribution < -0.4 is 4.74 Å². The van der Waals surface area contributed by atoms with Crippen LogP contribution >= 0.6 is 0 Å². The monoisotopic (exact) mass is 303 g/mol. The largest absolute Gasteiger partial charge is 0.497 e. The second-order valence-corrected chi connectivity index (χ2v) is 4.86. The minimum Gasteiger partial charge on any atom is -0.497 e. The molecule has 1 aromatic carbocycles. The number of carbonyl (C=O) groups excluding carboxylic acids is 1. The van der Waals surface area contributed by atoms with E-state index in [0.717, 1.165) is 11.1 Å². The molecule has 0 N–H and O–H groups in total. The van der Waals surface area contributed by atoms with Crippen molar-refractivity contribution in [2.24, 2.45) is 0 Å². The van der Waals surface area contributed by atoms with Crippen LogP contribution in [0.1, 0.15) is 15.9 Å². The number of methoxy groups -OCH3 is 1. The zero-order valence-electron chi connectivity index (χ0n) is 12.4. The van der Waals surface area contributed by atoms with Crippen LogP contribution in [0.25, 0.3) is 11.6 Å². The number of rotatable bonds is 4. The maximum atomic E-state index is 12.5. The molecule has 2 aromatic heterocycles. The van der Waals surface area contributed by atoms with Crippen molar-refractivity contribution in [1.82, 2.24) is 9.61 Å². The van der Waals surface area contributed by atoms with E-state index in [1.54, 1.807) is 48.2 Å². The fraction of sp³-hybridized carbons (Fsp3) is 0.0556. The van der Waals surface area contributed by atoms with E-state index >= 15 is 0 Å². The molecule has 0 fully saturated rings. The molecular weight excluding hydrogens is 290 g/mol. The third-order valence-electron chi connectivity index (χ3n) is 3.47. The maximum absolute atomic E-state index is 12.5. The van der Waals surface area contributed by atoms with Gasteiger partial charge in [-0.15, -0.1) is 0 Å². The molecule has 0 aliphatic carbocycles. The molecule has 0 radical (unpaired) electrons. The smallest absolute Gasteiger partial charge is 0.203 e. The quantitative estimate of drug-likeness (QED) is 0.422. The van der Waals surface area contributed by atoms with Gasteiger partial charge in [0.2, 0.25) is 5.78 Å². The standard InChI is InChI=1S/C18H13N3O2/c1-23-16-7-5-13(6-8-16)18(22)14(11-19)10-15-12-20-21-9-3-2-4-17(15)21/h2-10,12H,1H3/b14-10+. The highest BCUT2D eigenvalue weighted by Crippen LogP contribution is 2.18. The Kier molecular flexibility index (Phi) is 3.89. The number of aromatic nitrogens is 2. The summed E-state index contributed by atoms with van der Waals surface area (Å²) >= 11 is 0. The van der Waals surface area contributed by atoms with E-state index < -0.39 is 0 Å². The average molecular weight is 303 g/mol. The number of fused-ring (bicyclic) bond motifs is 1. The molecule has 0 spiro atoms. The zero-order chi connectivity index (χ0) is 16.2. The first-order valence-electron chi connectivity index (χ1n) is 6.96. The van der Waals surface area contributed by atoms with E-state index in [9.17, 15) is 10.1 Å². The molecule has 0 amide bonds. The molecule has 0 unspecified atom stereocenters. The van der Waals surface area contributed by atoms with Crippen LogP contribution in [-0.2, 0) is 0 Å². The van der Waals surface area contributed by atoms with Gasteiger partial charge in [0.25, 0.3) is 0 Å². The molecule has 0 aliphatic heterocycles. The van der Waals surface area contributed by atoms with Gasteiger partial charge in [0.05, 0.1) is 18.8 Å². The van der Waals surface area contributed by atoms with Crippen LogP contribution in [0.15, 0.2) is 60.4 Å². The summed E-state index contributed by atoms with van der Waals surface area (Å²) in [4.78, 5) is 12.5. The summed E-state index contributed by atoms with van der Waals surface area (Å²) in [5, 5.41) is 13.5. The fourth-order valence-electron chi connectivity index (χ4n) is 2.27. The summed E-state index contributed by atoms with van der Waals surface area (Å²) in [5.41, 5.74) is 2.07. The SMILES string of the molecule is COc1ccc(C(=O)/C(C#N)=C/c2cnn3ccccc23)cc1. The summed E-state index contributed by atoms with van der Waals surface area (Å²) in [6.07, 6.45) is 5.01.